The van der Waals surface area contributed by atoms with Gasteiger partial charge in [0.1, 0.15) is 5.57 Å². The number of nitrogens with one attached hydrogen (secondary N) is 1. The minimum absolute atomic E-state index is 0.00292. The van der Waals surface area contributed by atoms with Crippen molar-refractivity contribution in [1.29, 1.82) is 0 Å². The van der Waals surface area contributed by atoms with Gasteiger partial charge >= 0.3 is 0 Å². The van der Waals surface area contributed by atoms with Crippen LogP contribution >= 0.6 is 23.8 Å². The summed E-state index contributed by atoms with van der Waals surface area (Å²) in [6, 6.07) is 17.3. The number of aryl methyl sites for hydroxylation is 1. The Bertz CT molecular complexity index is 1350. The summed E-state index contributed by atoms with van der Waals surface area (Å²) in [5, 5.41) is 2.98. The number of nitrogens with zero attached hydrogens (tertiary/aromatic N) is 2. The van der Waals surface area contributed by atoms with Crippen LogP contribution in [0.4, 0.5) is 5.69 Å². The zero-order valence-corrected chi connectivity index (χ0v) is 21.3. The van der Waals surface area contributed by atoms with E-state index in [-0.39, 0.29) is 16.1 Å². The molecule has 1 aliphatic heterocycles. The summed E-state index contributed by atoms with van der Waals surface area (Å²) in [5.41, 5.74) is 5.46. The Kier molecular flexibility index (Phi) is 6.23. The molecule has 0 aliphatic carbocycles. The highest BCUT2D eigenvalue weighted by atomic mass is 35.5. The van der Waals surface area contributed by atoms with Gasteiger partial charge in [-0.1, -0.05) is 56.6 Å². The lowest BCUT2D eigenvalue weighted by atomic mass is 9.87. The minimum atomic E-state index is -0.530. The number of para-hydroxylation sites is 1. The molecule has 2 amide bonds. The molecule has 1 fully saturated rings. The van der Waals surface area contributed by atoms with Crippen LogP contribution in [0.5, 0.6) is 0 Å². The van der Waals surface area contributed by atoms with Crippen molar-refractivity contribution in [1.82, 2.24) is 9.88 Å². The van der Waals surface area contributed by atoms with Gasteiger partial charge in [-0.05, 0) is 79.0 Å². The number of carbonyl (C=O) groups is 2. The van der Waals surface area contributed by atoms with E-state index < -0.39 is 11.8 Å². The highest BCUT2D eigenvalue weighted by Crippen LogP contribution is 2.30. The predicted molar refractivity (Wildman–Crippen MR) is 142 cm³/mol. The lowest BCUT2D eigenvalue weighted by Crippen LogP contribution is -2.54. The van der Waals surface area contributed by atoms with Crippen molar-refractivity contribution in [2.24, 2.45) is 0 Å². The zero-order valence-electron chi connectivity index (χ0n) is 19.8. The van der Waals surface area contributed by atoms with E-state index in [1.807, 2.05) is 19.9 Å². The van der Waals surface area contributed by atoms with Gasteiger partial charge in [0.05, 0.1) is 10.7 Å². The number of benzene rings is 2. The molecule has 1 aromatic heterocycles. The second-order valence-corrected chi connectivity index (χ2v) is 10.2. The van der Waals surface area contributed by atoms with Crippen molar-refractivity contribution >= 4 is 52.5 Å². The Morgan fingerprint density at radius 2 is 1.65 bits per heavy atom. The van der Waals surface area contributed by atoms with E-state index in [0.29, 0.717) is 10.7 Å². The average molecular weight is 492 g/mol. The fourth-order valence-electron chi connectivity index (χ4n) is 4.11. The van der Waals surface area contributed by atoms with Crippen molar-refractivity contribution in [3.8, 4) is 5.69 Å². The Hall–Kier alpha value is -3.22. The van der Waals surface area contributed by atoms with E-state index in [9.17, 15) is 9.59 Å². The zero-order chi connectivity index (χ0) is 24.8. The summed E-state index contributed by atoms with van der Waals surface area (Å²) in [6.07, 6.45) is 1.62. The van der Waals surface area contributed by atoms with Crippen LogP contribution in [0, 0.1) is 13.8 Å². The Balaban J connectivity index is 1.74. The Labute approximate surface area is 210 Å². The standard InChI is InChI=1S/C27H26ClN3O2S/c1-16-14-18(17(2)30(16)20-12-10-19(11-13-20)27(3,4)5)15-21-24(32)29-26(34)31(25(21)33)23-9-7-6-8-22(23)28/h6-15H,1-5H3,(H,29,32,34)/b21-15+. The van der Waals surface area contributed by atoms with Gasteiger partial charge in [0.2, 0.25) is 0 Å². The Morgan fingerprint density at radius 3 is 2.26 bits per heavy atom. The third-order valence-electron chi connectivity index (χ3n) is 5.96. The monoisotopic (exact) mass is 491 g/mol. The van der Waals surface area contributed by atoms with Crippen LogP contribution < -0.4 is 10.2 Å². The fourth-order valence-corrected chi connectivity index (χ4v) is 4.60. The molecule has 0 spiro atoms. The van der Waals surface area contributed by atoms with Gasteiger partial charge in [0, 0.05) is 17.1 Å². The summed E-state index contributed by atoms with van der Waals surface area (Å²) in [6.45, 7) is 10.5. The summed E-state index contributed by atoms with van der Waals surface area (Å²) in [7, 11) is 0. The molecule has 2 heterocycles. The van der Waals surface area contributed by atoms with Crippen molar-refractivity contribution in [3.63, 3.8) is 0 Å². The SMILES string of the molecule is Cc1cc(/C=C2\C(=O)NC(=S)N(c3ccccc3Cl)C2=O)c(C)n1-c1ccc(C(C)(C)C)cc1. The molecule has 1 saturated heterocycles. The fraction of sp³-hybridized carbons (Fsp3) is 0.222. The number of anilines is 1. The lowest BCUT2D eigenvalue weighted by Gasteiger charge is -2.29. The van der Waals surface area contributed by atoms with Gasteiger partial charge in [0.25, 0.3) is 11.8 Å². The van der Waals surface area contributed by atoms with E-state index in [0.717, 1.165) is 22.6 Å². The lowest BCUT2D eigenvalue weighted by molar-refractivity contribution is -0.122. The number of thiocarbonyl (C=S) groups is 1. The van der Waals surface area contributed by atoms with E-state index in [1.165, 1.54) is 10.5 Å². The highest BCUT2D eigenvalue weighted by Gasteiger charge is 2.35. The van der Waals surface area contributed by atoms with Crippen molar-refractivity contribution in [2.75, 3.05) is 4.90 Å². The topological polar surface area (TPSA) is 54.3 Å². The predicted octanol–water partition coefficient (Wildman–Crippen LogP) is 5.88. The summed E-state index contributed by atoms with van der Waals surface area (Å²) >= 11 is 11.6. The van der Waals surface area contributed by atoms with Crippen molar-refractivity contribution < 1.29 is 9.59 Å². The largest absolute Gasteiger partial charge is 0.318 e. The third kappa shape index (κ3) is 4.31. The first-order chi connectivity index (χ1) is 16.0. The van der Waals surface area contributed by atoms with Crippen LogP contribution in [0.2, 0.25) is 5.02 Å². The molecule has 3 aromatic rings. The molecule has 5 nitrogen and oxygen atoms in total. The average Bonchev–Trinajstić information content (AvgIpc) is 3.04. The van der Waals surface area contributed by atoms with Gasteiger partial charge in [-0.2, -0.15) is 0 Å². The first kappa shape index (κ1) is 23.9. The number of halogens is 1. The normalized spacial score (nSPS) is 15.8. The van der Waals surface area contributed by atoms with E-state index in [1.54, 1.807) is 30.3 Å². The molecule has 7 heteroatoms. The van der Waals surface area contributed by atoms with Crippen LogP contribution in [-0.4, -0.2) is 21.5 Å². The molecule has 0 radical (unpaired) electrons. The number of amides is 2. The maximum absolute atomic E-state index is 13.4. The van der Waals surface area contributed by atoms with Crippen LogP contribution in [0.1, 0.15) is 43.3 Å². The second-order valence-electron chi connectivity index (χ2n) is 9.37. The van der Waals surface area contributed by atoms with Crippen LogP contribution in [0.15, 0.2) is 60.2 Å². The number of hydrogen-bond acceptors (Lipinski definition) is 3. The molecule has 0 bridgehead atoms. The van der Waals surface area contributed by atoms with Gasteiger partial charge in [-0.25, -0.2) is 0 Å². The summed E-state index contributed by atoms with van der Waals surface area (Å²) in [5.74, 6) is -1.04. The molecular weight excluding hydrogens is 466 g/mol. The molecule has 174 valence electrons. The quantitative estimate of drug-likeness (QED) is 0.283. The van der Waals surface area contributed by atoms with Gasteiger partial charge in [-0.15, -0.1) is 0 Å². The number of aromatic nitrogens is 1. The van der Waals surface area contributed by atoms with Gasteiger partial charge in [-0.3, -0.25) is 19.8 Å². The Morgan fingerprint density at radius 1 is 1.00 bits per heavy atom. The minimum Gasteiger partial charge on any atom is -0.318 e. The summed E-state index contributed by atoms with van der Waals surface area (Å²) in [4.78, 5) is 27.3. The van der Waals surface area contributed by atoms with Crippen LogP contribution in [0.3, 0.4) is 0 Å². The van der Waals surface area contributed by atoms with Crippen LogP contribution in [-0.2, 0) is 15.0 Å². The second kappa shape index (κ2) is 8.85. The van der Waals surface area contributed by atoms with E-state index >= 15 is 0 Å². The highest BCUT2D eigenvalue weighted by molar-refractivity contribution is 7.80. The molecule has 0 saturated carbocycles. The first-order valence-corrected chi connectivity index (χ1v) is 11.7. The molecule has 0 atom stereocenters. The van der Waals surface area contributed by atoms with Gasteiger partial charge < -0.3 is 4.57 Å². The first-order valence-electron chi connectivity index (χ1n) is 10.9. The maximum atomic E-state index is 13.4. The maximum Gasteiger partial charge on any atom is 0.270 e. The third-order valence-corrected chi connectivity index (χ3v) is 6.56. The molecule has 1 N–H and O–H groups in total. The van der Waals surface area contributed by atoms with E-state index in [4.69, 9.17) is 23.8 Å². The van der Waals surface area contributed by atoms with Crippen molar-refractivity contribution in [2.45, 2.75) is 40.0 Å². The number of rotatable bonds is 3. The smallest absolute Gasteiger partial charge is 0.270 e. The number of carbonyl (C=O) groups excluding carboxylic acids is 2. The van der Waals surface area contributed by atoms with E-state index in [2.05, 4.69) is 54.9 Å². The van der Waals surface area contributed by atoms with Crippen molar-refractivity contribution in [3.05, 3.63) is 87.7 Å². The molecule has 0 unspecified atom stereocenters. The molecule has 2 aromatic carbocycles. The summed E-state index contributed by atoms with van der Waals surface area (Å²) < 4.78 is 2.11. The molecule has 4 rings (SSSR count). The van der Waals surface area contributed by atoms with Crippen LogP contribution in [0.25, 0.3) is 11.8 Å². The molecular formula is C27H26ClN3O2S. The molecule has 1 aliphatic rings. The van der Waals surface area contributed by atoms with Gasteiger partial charge in [0.15, 0.2) is 5.11 Å². The number of hydrogen-bond donors (Lipinski definition) is 1. The molecule has 34 heavy (non-hydrogen) atoms.